The van der Waals surface area contributed by atoms with Gasteiger partial charge in [-0.25, -0.2) is 4.98 Å². The summed E-state index contributed by atoms with van der Waals surface area (Å²) >= 11 is 0. The molecule has 0 saturated carbocycles. The fourth-order valence-corrected chi connectivity index (χ4v) is 1.99. The number of aromatic nitrogens is 1. The van der Waals surface area contributed by atoms with Gasteiger partial charge in [0.15, 0.2) is 0 Å². The largest absolute Gasteiger partial charge is 0.494 e. The smallest absolute Gasteiger partial charge is 0.128 e. The lowest BCUT2D eigenvalue weighted by molar-refractivity contribution is 0.290. The molecular formula is C15H19N3O. The summed E-state index contributed by atoms with van der Waals surface area (Å²) in [5.74, 6) is 1.46. The van der Waals surface area contributed by atoms with Gasteiger partial charge in [0.05, 0.1) is 6.61 Å². The van der Waals surface area contributed by atoms with Gasteiger partial charge in [0.2, 0.25) is 0 Å². The molecule has 2 aromatic rings. The van der Waals surface area contributed by atoms with Crippen LogP contribution in [0.15, 0.2) is 48.7 Å². The second-order valence-electron chi connectivity index (χ2n) is 4.27. The lowest BCUT2D eigenvalue weighted by atomic mass is 10.1. The van der Waals surface area contributed by atoms with Crippen molar-refractivity contribution < 1.29 is 4.74 Å². The van der Waals surface area contributed by atoms with Crippen LogP contribution in [-0.4, -0.2) is 18.6 Å². The van der Waals surface area contributed by atoms with E-state index < -0.39 is 0 Å². The maximum absolute atomic E-state index is 5.89. The summed E-state index contributed by atoms with van der Waals surface area (Å²) in [5, 5.41) is 3.25. The summed E-state index contributed by atoms with van der Waals surface area (Å²) in [6.07, 6.45) is 2.54. The predicted octanol–water partition coefficient (Wildman–Crippen LogP) is 2.39. The molecule has 100 valence electrons. The molecule has 0 aliphatic rings. The molecule has 1 aromatic heterocycles. The number of nitrogens with one attached hydrogen (secondary N) is 1. The topological polar surface area (TPSA) is 60.2 Å². The molecule has 0 spiro atoms. The minimum Gasteiger partial charge on any atom is -0.494 e. The quantitative estimate of drug-likeness (QED) is 0.834. The SMILES string of the molecule is CNC(CCOc1ccccc1)c1cccnc1N. The summed E-state index contributed by atoms with van der Waals surface area (Å²) < 4.78 is 5.70. The first-order valence-corrected chi connectivity index (χ1v) is 6.36. The lowest BCUT2D eigenvalue weighted by Gasteiger charge is -2.18. The number of nitrogens with zero attached hydrogens (tertiary/aromatic N) is 1. The molecule has 0 bridgehead atoms. The standard InChI is InChI=1S/C15H19N3O/c1-17-14(13-8-5-10-18-15(13)16)9-11-19-12-6-3-2-4-7-12/h2-8,10,14,17H,9,11H2,1H3,(H2,16,18). The van der Waals surface area contributed by atoms with Crippen molar-refractivity contribution in [1.82, 2.24) is 10.3 Å². The van der Waals surface area contributed by atoms with Crippen molar-refractivity contribution in [1.29, 1.82) is 0 Å². The van der Waals surface area contributed by atoms with Gasteiger partial charge in [-0.3, -0.25) is 0 Å². The van der Waals surface area contributed by atoms with Crippen LogP contribution in [0.2, 0.25) is 0 Å². The highest BCUT2D eigenvalue weighted by molar-refractivity contribution is 5.40. The van der Waals surface area contributed by atoms with Crippen LogP contribution in [0.3, 0.4) is 0 Å². The maximum atomic E-state index is 5.89. The van der Waals surface area contributed by atoms with Crippen molar-refractivity contribution in [2.75, 3.05) is 19.4 Å². The van der Waals surface area contributed by atoms with E-state index in [0.29, 0.717) is 12.4 Å². The molecule has 4 nitrogen and oxygen atoms in total. The molecule has 1 heterocycles. The van der Waals surface area contributed by atoms with E-state index in [-0.39, 0.29) is 6.04 Å². The fraction of sp³-hybridized carbons (Fsp3) is 0.267. The van der Waals surface area contributed by atoms with E-state index in [4.69, 9.17) is 10.5 Å². The molecule has 1 aromatic carbocycles. The Hall–Kier alpha value is -2.07. The molecule has 0 aliphatic heterocycles. The van der Waals surface area contributed by atoms with Gasteiger partial charge in [0, 0.05) is 24.2 Å². The van der Waals surface area contributed by atoms with Crippen molar-refractivity contribution in [3.05, 3.63) is 54.2 Å². The summed E-state index contributed by atoms with van der Waals surface area (Å²) in [5.41, 5.74) is 6.90. The highest BCUT2D eigenvalue weighted by atomic mass is 16.5. The number of pyridine rings is 1. The molecule has 1 atom stereocenters. The van der Waals surface area contributed by atoms with Crippen LogP contribution in [0.1, 0.15) is 18.0 Å². The number of anilines is 1. The first kappa shape index (κ1) is 13.4. The van der Waals surface area contributed by atoms with Crippen LogP contribution >= 0.6 is 0 Å². The van der Waals surface area contributed by atoms with E-state index in [1.54, 1.807) is 6.20 Å². The van der Waals surface area contributed by atoms with Gasteiger partial charge in [0.25, 0.3) is 0 Å². The van der Waals surface area contributed by atoms with E-state index in [9.17, 15) is 0 Å². The first-order valence-electron chi connectivity index (χ1n) is 6.36. The second-order valence-corrected chi connectivity index (χ2v) is 4.27. The number of rotatable bonds is 6. The van der Waals surface area contributed by atoms with Crippen molar-refractivity contribution in [2.45, 2.75) is 12.5 Å². The number of nitrogens with two attached hydrogens (primary N) is 1. The van der Waals surface area contributed by atoms with Crippen LogP contribution < -0.4 is 15.8 Å². The van der Waals surface area contributed by atoms with Gasteiger partial charge in [-0.15, -0.1) is 0 Å². The number of nitrogen functional groups attached to an aromatic ring is 1. The molecule has 2 rings (SSSR count). The number of hydrogen-bond acceptors (Lipinski definition) is 4. The van der Waals surface area contributed by atoms with Crippen LogP contribution in [0.5, 0.6) is 5.75 Å². The van der Waals surface area contributed by atoms with Gasteiger partial charge in [-0.2, -0.15) is 0 Å². The fourth-order valence-electron chi connectivity index (χ4n) is 1.99. The third-order valence-electron chi connectivity index (χ3n) is 3.01. The van der Waals surface area contributed by atoms with Gasteiger partial charge in [0.1, 0.15) is 11.6 Å². The van der Waals surface area contributed by atoms with Crippen LogP contribution in [0.4, 0.5) is 5.82 Å². The Bertz CT molecular complexity index is 502. The minimum atomic E-state index is 0.150. The van der Waals surface area contributed by atoms with E-state index >= 15 is 0 Å². The summed E-state index contributed by atoms with van der Waals surface area (Å²) in [4.78, 5) is 4.11. The van der Waals surface area contributed by atoms with E-state index in [1.807, 2.05) is 49.5 Å². The molecule has 0 aliphatic carbocycles. The van der Waals surface area contributed by atoms with Crippen molar-refractivity contribution in [2.24, 2.45) is 0 Å². The Kier molecular flexibility index (Phi) is 4.75. The number of para-hydroxylation sites is 1. The molecule has 0 radical (unpaired) electrons. The van der Waals surface area contributed by atoms with Crippen molar-refractivity contribution in [3.63, 3.8) is 0 Å². The number of benzene rings is 1. The zero-order valence-corrected chi connectivity index (χ0v) is 11.0. The van der Waals surface area contributed by atoms with Gasteiger partial charge in [-0.1, -0.05) is 24.3 Å². The van der Waals surface area contributed by atoms with Gasteiger partial charge in [-0.05, 0) is 25.2 Å². The van der Waals surface area contributed by atoms with Gasteiger partial charge >= 0.3 is 0 Å². The zero-order valence-electron chi connectivity index (χ0n) is 11.0. The van der Waals surface area contributed by atoms with E-state index in [2.05, 4.69) is 10.3 Å². The Morgan fingerprint density at radius 1 is 1.21 bits per heavy atom. The zero-order chi connectivity index (χ0) is 13.5. The third kappa shape index (κ3) is 3.69. The molecule has 1 unspecified atom stereocenters. The summed E-state index contributed by atoms with van der Waals surface area (Å²) in [6, 6.07) is 13.8. The lowest BCUT2D eigenvalue weighted by Crippen LogP contribution is -2.20. The average molecular weight is 257 g/mol. The monoisotopic (exact) mass is 257 g/mol. The average Bonchev–Trinajstić information content (AvgIpc) is 2.46. The maximum Gasteiger partial charge on any atom is 0.128 e. The number of hydrogen-bond donors (Lipinski definition) is 2. The normalized spacial score (nSPS) is 12.1. The summed E-state index contributed by atoms with van der Waals surface area (Å²) in [6.45, 7) is 0.629. The second kappa shape index (κ2) is 6.75. The van der Waals surface area contributed by atoms with E-state index in [1.165, 1.54) is 0 Å². The van der Waals surface area contributed by atoms with E-state index in [0.717, 1.165) is 17.7 Å². The predicted molar refractivity (Wildman–Crippen MR) is 77.0 cm³/mol. The van der Waals surface area contributed by atoms with Crippen LogP contribution in [-0.2, 0) is 0 Å². The highest BCUT2D eigenvalue weighted by Gasteiger charge is 2.12. The molecule has 0 amide bonds. The Labute approximate surface area is 113 Å². The molecule has 19 heavy (non-hydrogen) atoms. The first-order chi connectivity index (χ1) is 9.31. The van der Waals surface area contributed by atoms with Gasteiger partial charge < -0.3 is 15.8 Å². The Morgan fingerprint density at radius 3 is 2.68 bits per heavy atom. The van der Waals surface area contributed by atoms with Crippen LogP contribution in [0, 0.1) is 0 Å². The molecule has 0 fully saturated rings. The Morgan fingerprint density at radius 2 is 2.00 bits per heavy atom. The summed E-state index contributed by atoms with van der Waals surface area (Å²) in [7, 11) is 1.92. The molecular weight excluding hydrogens is 238 g/mol. The van der Waals surface area contributed by atoms with Crippen LogP contribution in [0.25, 0.3) is 0 Å². The van der Waals surface area contributed by atoms with Crippen molar-refractivity contribution in [3.8, 4) is 5.75 Å². The molecule has 3 N–H and O–H groups in total. The molecule has 4 heteroatoms. The minimum absolute atomic E-state index is 0.150. The third-order valence-corrected chi connectivity index (χ3v) is 3.01. The number of ether oxygens (including phenoxy) is 1. The Balaban J connectivity index is 1.92. The highest BCUT2D eigenvalue weighted by Crippen LogP contribution is 2.21. The van der Waals surface area contributed by atoms with Crippen molar-refractivity contribution >= 4 is 5.82 Å². The molecule has 0 saturated heterocycles.